The van der Waals surface area contributed by atoms with Crippen LogP contribution >= 0.6 is 10.7 Å². The number of carbonyl (C=O) groups excluding carboxylic acids is 1. The molecule has 108 valence electrons. The van der Waals surface area contributed by atoms with E-state index in [-0.39, 0.29) is 10.8 Å². The van der Waals surface area contributed by atoms with Crippen molar-refractivity contribution in [2.45, 2.75) is 38.1 Å². The van der Waals surface area contributed by atoms with E-state index in [4.69, 9.17) is 10.7 Å². The topological polar surface area (TPSA) is 59.4 Å². The first-order valence-electron chi connectivity index (χ1n) is 6.21. The van der Waals surface area contributed by atoms with Crippen LogP contribution in [0.3, 0.4) is 0 Å². The molecular weight excluding hydrogens is 288 g/mol. The molecule has 0 radical (unpaired) electrons. The van der Waals surface area contributed by atoms with Gasteiger partial charge in [-0.1, -0.05) is 13.3 Å². The van der Waals surface area contributed by atoms with Crippen LogP contribution in [0.4, 0.5) is 0 Å². The van der Waals surface area contributed by atoms with Crippen LogP contribution in [0.1, 0.15) is 37.2 Å². The number of halogens is 1. The number of unbranched alkanes of at least 4 members (excludes halogenated alkanes) is 1. The van der Waals surface area contributed by atoms with E-state index in [0.717, 1.165) is 12.8 Å². The van der Waals surface area contributed by atoms with Crippen LogP contribution in [-0.4, -0.2) is 37.4 Å². The van der Waals surface area contributed by atoms with Crippen molar-refractivity contribution in [1.29, 1.82) is 0 Å². The van der Waals surface area contributed by atoms with Gasteiger partial charge in [0.05, 0.1) is 0 Å². The largest absolute Gasteiger partial charge is 0.342 e. The molecule has 5 nitrogen and oxygen atoms in total. The minimum atomic E-state index is -3.81. The van der Waals surface area contributed by atoms with Crippen molar-refractivity contribution in [1.82, 2.24) is 9.47 Å². The van der Waals surface area contributed by atoms with Gasteiger partial charge in [0, 0.05) is 37.0 Å². The fraction of sp³-hybridized carbons (Fsp3) is 0.583. The Morgan fingerprint density at radius 3 is 2.53 bits per heavy atom. The average Bonchev–Trinajstić information content (AvgIpc) is 2.78. The van der Waals surface area contributed by atoms with Crippen LogP contribution < -0.4 is 0 Å². The highest BCUT2D eigenvalue weighted by atomic mass is 35.7. The van der Waals surface area contributed by atoms with E-state index in [9.17, 15) is 13.2 Å². The maximum atomic E-state index is 12.2. The number of rotatable bonds is 6. The lowest BCUT2D eigenvalue weighted by Gasteiger charge is -2.17. The minimum absolute atomic E-state index is 0.0386. The summed E-state index contributed by atoms with van der Waals surface area (Å²) < 4.78 is 24.2. The van der Waals surface area contributed by atoms with Crippen LogP contribution in [-0.2, 0) is 15.6 Å². The van der Waals surface area contributed by atoms with Crippen LogP contribution in [0.15, 0.2) is 17.2 Å². The maximum Gasteiger partial charge on any atom is 0.270 e. The predicted octanol–water partition coefficient (Wildman–Crippen LogP) is 2.31. The van der Waals surface area contributed by atoms with Gasteiger partial charge in [-0.15, -0.1) is 0 Å². The van der Waals surface area contributed by atoms with Gasteiger partial charge in [-0.3, -0.25) is 4.79 Å². The summed E-state index contributed by atoms with van der Waals surface area (Å²) in [6.07, 6.45) is 3.30. The van der Waals surface area contributed by atoms with Crippen molar-refractivity contribution in [3.63, 3.8) is 0 Å². The van der Waals surface area contributed by atoms with Gasteiger partial charge >= 0.3 is 0 Å². The fourth-order valence-electron chi connectivity index (χ4n) is 1.75. The highest BCUT2D eigenvalue weighted by Crippen LogP contribution is 2.19. The van der Waals surface area contributed by atoms with Crippen molar-refractivity contribution in [3.05, 3.63) is 18.0 Å². The Morgan fingerprint density at radius 2 is 2.05 bits per heavy atom. The lowest BCUT2D eigenvalue weighted by Crippen LogP contribution is -2.29. The molecule has 0 bridgehead atoms. The van der Waals surface area contributed by atoms with E-state index in [0.29, 0.717) is 18.8 Å². The van der Waals surface area contributed by atoms with Gasteiger partial charge in [0.2, 0.25) is 0 Å². The van der Waals surface area contributed by atoms with Gasteiger partial charge in [0.1, 0.15) is 10.6 Å². The zero-order valence-electron chi connectivity index (χ0n) is 11.4. The van der Waals surface area contributed by atoms with E-state index in [2.05, 4.69) is 0 Å². The van der Waals surface area contributed by atoms with E-state index in [1.807, 2.05) is 13.8 Å². The van der Waals surface area contributed by atoms with E-state index < -0.39 is 9.05 Å². The van der Waals surface area contributed by atoms with Gasteiger partial charge < -0.3 is 9.47 Å². The third-order valence-electron chi connectivity index (χ3n) is 2.91. The molecule has 1 aromatic heterocycles. The Morgan fingerprint density at radius 1 is 1.42 bits per heavy atom. The zero-order chi connectivity index (χ0) is 14.6. The van der Waals surface area contributed by atoms with E-state index in [1.54, 1.807) is 16.5 Å². The standard InChI is InChI=1S/C12H19ClN2O3S/c1-4-6-7-14(3)12(16)11-8-10(19(13,17)18)9-15(11)5-2/h8-9H,4-7H2,1-3H3. The molecule has 0 atom stereocenters. The molecule has 1 heterocycles. The van der Waals surface area contributed by atoms with Crippen molar-refractivity contribution >= 4 is 25.6 Å². The van der Waals surface area contributed by atoms with Crippen molar-refractivity contribution < 1.29 is 13.2 Å². The Balaban J connectivity index is 3.06. The molecule has 1 rings (SSSR count). The number of aryl methyl sites for hydroxylation is 1. The SMILES string of the molecule is CCCCN(C)C(=O)c1cc(S(=O)(=O)Cl)cn1CC. The van der Waals surface area contributed by atoms with Gasteiger partial charge in [-0.05, 0) is 19.4 Å². The number of aromatic nitrogens is 1. The Kier molecular flexibility index (Phi) is 5.43. The van der Waals surface area contributed by atoms with Crippen LogP contribution in [0, 0.1) is 0 Å². The molecule has 0 aliphatic carbocycles. The number of amides is 1. The fourth-order valence-corrected chi connectivity index (χ4v) is 2.51. The zero-order valence-corrected chi connectivity index (χ0v) is 13.0. The van der Waals surface area contributed by atoms with Crippen LogP contribution in [0.2, 0.25) is 0 Å². The molecule has 0 aliphatic heterocycles. The third-order valence-corrected chi connectivity index (χ3v) is 4.23. The highest BCUT2D eigenvalue weighted by Gasteiger charge is 2.21. The molecule has 0 saturated heterocycles. The normalized spacial score (nSPS) is 11.6. The predicted molar refractivity (Wildman–Crippen MR) is 75.0 cm³/mol. The first kappa shape index (κ1) is 16.0. The van der Waals surface area contributed by atoms with Crippen molar-refractivity contribution in [2.75, 3.05) is 13.6 Å². The summed E-state index contributed by atoms with van der Waals surface area (Å²) in [4.78, 5) is 13.8. The van der Waals surface area contributed by atoms with E-state index in [1.165, 1.54) is 12.3 Å². The summed E-state index contributed by atoms with van der Waals surface area (Å²) in [6, 6.07) is 1.33. The average molecular weight is 307 g/mol. The van der Waals surface area contributed by atoms with Gasteiger partial charge in [0.15, 0.2) is 0 Å². The number of carbonyl (C=O) groups is 1. The second-order valence-corrected chi connectivity index (χ2v) is 6.93. The molecule has 0 unspecified atom stereocenters. The molecule has 0 aromatic carbocycles. The second kappa shape index (κ2) is 6.43. The molecule has 0 N–H and O–H groups in total. The van der Waals surface area contributed by atoms with Crippen LogP contribution in [0.5, 0.6) is 0 Å². The summed E-state index contributed by atoms with van der Waals surface area (Å²) >= 11 is 0. The van der Waals surface area contributed by atoms with Crippen molar-refractivity contribution in [3.8, 4) is 0 Å². The lowest BCUT2D eigenvalue weighted by atomic mass is 10.3. The smallest absolute Gasteiger partial charge is 0.270 e. The minimum Gasteiger partial charge on any atom is -0.342 e. The molecule has 0 spiro atoms. The summed E-state index contributed by atoms with van der Waals surface area (Å²) in [6.45, 7) is 5.04. The molecule has 0 aliphatic rings. The van der Waals surface area contributed by atoms with Gasteiger partial charge in [-0.2, -0.15) is 0 Å². The maximum absolute atomic E-state index is 12.2. The second-order valence-electron chi connectivity index (χ2n) is 4.37. The summed E-state index contributed by atoms with van der Waals surface area (Å²) in [5, 5.41) is 0. The summed E-state index contributed by atoms with van der Waals surface area (Å²) in [7, 11) is 3.20. The summed E-state index contributed by atoms with van der Waals surface area (Å²) in [5.74, 6) is -0.193. The Hall–Kier alpha value is -1.01. The van der Waals surface area contributed by atoms with Crippen LogP contribution in [0.25, 0.3) is 0 Å². The van der Waals surface area contributed by atoms with Gasteiger partial charge in [-0.25, -0.2) is 8.42 Å². The quantitative estimate of drug-likeness (QED) is 0.758. The highest BCUT2D eigenvalue weighted by molar-refractivity contribution is 8.13. The summed E-state index contributed by atoms with van der Waals surface area (Å²) in [5.41, 5.74) is 0.348. The monoisotopic (exact) mass is 306 g/mol. The molecule has 7 heteroatoms. The third kappa shape index (κ3) is 3.98. The molecule has 1 amide bonds. The molecular formula is C12H19ClN2O3S. The first-order valence-corrected chi connectivity index (χ1v) is 8.52. The molecule has 0 saturated carbocycles. The van der Waals surface area contributed by atoms with Gasteiger partial charge in [0.25, 0.3) is 15.0 Å². The number of nitrogens with zero attached hydrogens (tertiary/aromatic N) is 2. The van der Waals surface area contributed by atoms with E-state index >= 15 is 0 Å². The molecule has 0 fully saturated rings. The van der Waals surface area contributed by atoms with Crippen molar-refractivity contribution in [2.24, 2.45) is 0 Å². The number of hydrogen-bond acceptors (Lipinski definition) is 3. The molecule has 19 heavy (non-hydrogen) atoms. The Bertz CT molecular complexity index is 551. The number of hydrogen-bond donors (Lipinski definition) is 0. The first-order chi connectivity index (χ1) is 8.81. The Labute approximate surface area is 118 Å². The molecule has 1 aromatic rings. The lowest BCUT2D eigenvalue weighted by molar-refractivity contribution is 0.0782.